The van der Waals surface area contributed by atoms with Gasteiger partial charge in [-0.25, -0.2) is 4.79 Å². The summed E-state index contributed by atoms with van der Waals surface area (Å²) in [6.07, 6.45) is 3.48. The first-order chi connectivity index (χ1) is 7.61. The lowest BCUT2D eigenvalue weighted by molar-refractivity contribution is 0.157. The number of thiocarbonyl (C=S) groups is 1. The Morgan fingerprint density at radius 2 is 2.06 bits per heavy atom. The van der Waals surface area contributed by atoms with Crippen molar-refractivity contribution in [3.8, 4) is 0 Å². The molecule has 1 aliphatic carbocycles. The maximum atomic E-state index is 11.1. The Bertz CT molecular complexity index is 252. The van der Waals surface area contributed by atoms with Gasteiger partial charge in [-0.1, -0.05) is 0 Å². The number of hydrogen-bond donors (Lipinski definition) is 3. The molecule has 0 saturated heterocycles. The summed E-state index contributed by atoms with van der Waals surface area (Å²) in [4.78, 5) is 11.1. The average Bonchev–Trinajstić information content (AvgIpc) is 2.21. The quantitative estimate of drug-likeness (QED) is 0.630. The largest absolute Gasteiger partial charge is 0.450 e. The first kappa shape index (κ1) is 13.2. The second kappa shape index (κ2) is 6.65. The van der Waals surface area contributed by atoms with Crippen LogP contribution in [0.25, 0.3) is 0 Å². The molecule has 1 rings (SSSR count). The number of ether oxygens (including phenoxy) is 1. The topological polar surface area (TPSA) is 76.4 Å². The molecule has 0 aromatic rings. The van der Waals surface area contributed by atoms with Crippen LogP contribution in [0.4, 0.5) is 4.79 Å². The molecule has 1 fully saturated rings. The van der Waals surface area contributed by atoms with Crippen molar-refractivity contribution < 1.29 is 9.53 Å². The van der Waals surface area contributed by atoms with Crippen LogP contribution in [0, 0.1) is 0 Å². The van der Waals surface area contributed by atoms with Crippen molar-refractivity contribution in [1.82, 2.24) is 10.6 Å². The van der Waals surface area contributed by atoms with Gasteiger partial charge in [0, 0.05) is 12.1 Å². The fraction of sp³-hybridized carbons (Fsp3) is 0.800. The minimum absolute atomic E-state index is 0.310. The van der Waals surface area contributed by atoms with Gasteiger partial charge in [-0.2, -0.15) is 0 Å². The lowest BCUT2D eigenvalue weighted by Crippen LogP contribution is -2.46. The minimum atomic E-state index is -0.507. The van der Waals surface area contributed by atoms with Crippen molar-refractivity contribution >= 4 is 23.4 Å². The van der Waals surface area contributed by atoms with Gasteiger partial charge in [0.1, 0.15) is 0 Å². The fourth-order valence-corrected chi connectivity index (χ4v) is 1.99. The lowest BCUT2D eigenvalue weighted by Gasteiger charge is -2.27. The third-order valence-electron chi connectivity index (χ3n) is 2.60. The Morgan fingerprint density at radius 3 is 2.62 bits per heavy atom. The van der Waals surface area contributed by atoms with Crippen LogP contribution in [-0.4, -0.2) is 29.9 Å². The van der Waals surface area contributed by atoms with Crippen molar-refractivity contribution in [3.05, 3.63) is 0 Å². The molecule has 0 unspecified atom stereocenters. The van der Waals surface area contributed by atoms with E-state index in [0.717, 1.165) is 25.7 Å². The van der Waals surface area contributed by atoms with Crippen LogP contribution in [0.2, 0.25) is 0 Å². The van der Waals surface area contributed by atoms with Crippen LogP contribution in [0.1, 0.15) is 32.6 Å². The van der Waals surface area contributed by atoms with Gasteiger partial charge < -0.3 is 15.8 Å². The molecule has 16 heavy (non-hydrogen) atoms. The highest BCUT2D eigenvalue weighted by Gasteiger charge is 2.19. The molecule has 0 heterocycles. The fourth-order valence-electron chi connectivity index (χ4n) is 1.74. The predicted octanol–water partition coefficient (Wildman–Crippen LogP) is 0.877. The normalized spacial score (nSPS) is 24.6. The van der Waals surface area contributed by atoms with E-state index < -0.39 is 6.09 Å². The zero-order chi connectivity index (χ0) is 12.0. The van der Waals surface area contributed by atoms with Gasteiger partial charge >= 0.3 is 6.09 Å². The molecule has 1 amide bonds. The van der Waals surface area contributed by atoms with E-state index in [4.69, 9.17) is 22.7 Å². The van der Waals surface area contributed by atoms with Crippen LogP contribution in [0.3, 0.4) is 0 Å². The standard InChI is InChI=1S/C10H19N3O2S/c1-2-15-10(14)13-9(16)12-8-5-3-7(11)4-6-8/h7-8H,2-6,11H2,1H3,(H2,12,13,14,16). The molecule has 0 aromatic carbocycles. The first-order valence-electron chi connectivity index (χ1n) is 5.61. The summed E-state index contributed by atoms with van der Waals surface area (Å²) in [5.74, 6) is 0. The molecule has 5 nitrogen and oxygen atoms in total. The van der Waals surface area contributed by atoms with E-state index >= 15 is 0 Å². The van der Waals surface area contributed by atoms with Crippen molar-refractivity contribution in [2.75, 3.05) is 6.61 Å². The molecule has 1 saturated carbocycles. The molecular weight excluding hydrogens is 226 g/mol. The Kier molecular flexibility index (Phi) is 5.48. The Hall–Kier alpha value is -0.880. The lowest BCUT2D eigenvalue weighted by atomic mass is 9.92. The average molecular weight is 245 g/mol. The van der Waals surface area contributed by atoms with Crippen molar-refractivity contribution in [1.29, 1.82) is 0 Å². The van der Waals surface area contributed by atoms with Gasteiger partial charge in [0.15, 0.2) is 5.11 Å². The summed E-state index contributed by atoms with van der Waals surface area (Å²) >= 11 is 5.00. The third kappa shape index (κ3) is 4.76. The molecule has 4 N–H and O–H groups in total. The highest BCUT2D eigenvalue weighted by Crippen LogP contribution is 2.16. The number of hydrogen-bond acceptors (Lipinski definition) is 4. The number of carbonyl (C=O) groups is 1. The molecule has 0 bridgehead atoms. The number of carbonyl (C=O) groups excluding carboxylic acids is 1. The SMILES string of the molecule is CCOC(=O)NC(=S)NC1CCC(N)CC1. The third-order valence-corrected chi connectivity index (χ3v) is 2.82. The van der Waals surface area contributed by atoms with Crippen LogP contribution in [0.15, 0.2) is 0 Å². The highest BCUT2D eigenvalue weighted by atomic mass is 32.1. The number of nitrogens with one attached hydrogen (secondary N) is 2. The van der Waals surface area contributed by atoms with Gasteiger partial charge in [0.2, 0.25) is 0 Å². The van der Waals surface area contributed by atoms with Gasteiger partial charge in [0.05, 0.1) is 6.61 Å². The molecule has 0 aliphatic heterocycles. The van der Waals surface area contributed by atoms with E-state index in [1.54, 1.807) is 6.92 Å². The molecule has 92 valence electrons. The van der Waals surface area contributed by atoms with Crippen LogP contribution >= 0.6 is 12.2 Å². The Balaban J connectivity index is 2.21. The number of rotatable bonds is 2. The maximum Gasteiger partial charge on any atom is 0.413 e. The molecule has 0 aromatic heterocycles. The van der Waals surface area contributed by atoms with Crippen LogP contribution in [0.5, 0.6) is 0 Å². The molecule has 0 radical (unpaired) electrons. The zero-order valence-corrected chi connectivity index (χ0v) is 10.3. The highest BCUT2D eigenvalue weighted by molar-refractivity contribution is 7.80. The van der Waals surface area contributed by atoms with Crippen molar-refractivity contribution in [3.63, 3.8) is 0 Å². The summed E-state index contributed by atoms with van der Waals surface area (Å²) in [5, 5.41) is 5.89. The number of nitrogens with two attached hydrogens (primary N) is 1. The van der Waals surface area contributed by atoms with Crippen LogP contribution < -0.4 is 16.4 Å². The predicted molar refractivity (Wildman–Crippen MR) is 66.1 cm³/mol. The summed E-state index contributed by atoms with van der Waals surface area (Å²) in [6, 6.07) is 0.624. The van der Waals surface area contributed by atoms with E-state index in [1.807, 2.05) is 0 Å². The second-order valence-electron chi connectivity index (χ2n) is 3.93. The van der Waals surface area contributed by atoms with E-state index in [9.17, 15) is 4.79 Å². The summed E-state index contributed by atoms with van der Waals surface area (Å²) in [6.45, 7) is 2.09. The van der Waals surface area contributed by atoms with Gasteiger partial charge in [0.25, 0.3) is 0 Å². The molecular formula is C10H19N3O2S. The van der Waals surface area contributed by atoms with E-state index in [-0.39, 0.29) is 0 Å². The van der Waals surface area contributed by atoms with Gasteiger partial charge in [-0.15, -0.1) is 0 Å². The summed E-state index contributed by atoms with van der Waals surface area (Å²) in [5.41, 5.74) is 5.80. The molecule has 0 atom stereocenters. The minimum Gasteiger partial charge on any atom is -0.450 e. The van der Waals surface area contributed by atoms with Crippen molar-refractivity contribution in [2.45, 2.75) is 44.7 Å². The molecule has 6 heteroatoms. The van der Waals surface area contributed by atoms with Gasteiger partial charge in [-0.05, 0) is 44.8 Å². The van der Waals surface area contributed by atoms with Crippen molar-refractivity contribution in [2.24, 2.45) is 5.73 Å². The second-order valence-corrected chi connectivity index (χ2v) is 4.34. The number of amides is 1. The Labute approximate surface area is 101 Å². The summed E-state index contributed by atoms with van der Waals surface area (Å²) < 4.78 is 4.72. The number of alkyl carbamates (subject to hydrolysis) is 1. The molecule has 1 aliphatic rings. The summed E-state index contributed by atoms with van der Waals surface area (Å²) in [7, 11) is 0. The Morgan fingerprint density at radius 1 is 1.44 bits per heavy atom. The van der Waals surface area contributed by atoms with Gasteiger partial charge in [-0.3, -0.25) is 5.32 Å². The molecule has 0 spiro atoms. The van der Waals surface area contributed by atoms with Crippen LogP contribution in [-0.2, 0) is 4.74 Å². The van der Waals surface area contributed by atoms with E-state index in [1.165, 1.54) is 0 Å². The first-order valence-corrected chi connectivity index (χ1v) is 6.02. The van der Waals surface area contributed by atoms with E-state index in [0.29, 0.717) is 23.8 Å². The maximum absolute atomic E-state index is 11.1. The van der Waals surface area contributed by atoms with E-state index in [2.05, 4.69) is 10.6 Å². The zero-order valence-electron chi connectivity index (χ0n) is 9.49. The monoisotopic (exact) mass is 245 g/mol. The smallest absolute Gasteiger partial charge is 0.413 e.